The van der Waals surface area contributed by atoms with Crippen LogP contribution >= 0.6 is 0 Å². The minimum absolute atomic E-state index is 0.263. The van der Waals surface area contributed by atoms with Gasteiger partial charge in [0.05, 0.1) is 6.54 Å². The van der Waals surface area contributed by atoms with Gasteiger partial charge in [-0.25, -0.2) is 0 Å². The van der Waals surface area contributed by atoms with E-state index in [1.165, 1.54) is 6.42 Å². The number of carbonyl (C=O) groups excluding carboxylic acids is 1. The summed E-state index contributed by atoms with van der Waals surface area (Å²) in [6.45, 7) is 12.5. The van der Waals surface area contributed by atoms with Gasteiger partial charge in [0.2, 0.25) is 0 Å². The number of likely N-dealkylation sites (tertiary alicyclic amines) is 1. The van der Waals surface area contributed by atoms with E-state index in [0.717, 1.165) is 23.5 Å². The van der Waals surface area contributed by atoms with E-state index in [9.17, 15) is 4.79 Å². The Kier molecular flexibility index (Phi) is 4.38. The quantitative estimate of drug-likeness (QED) is 0.792. The van der Waals surface area contributed by atoms with Gasteiger partial charge in [-0.15, -0.1) is 0 Å². The largest absolute Gasteiger partial charge is 0.351 e. The van der Waals surface area contributed by atoms with E-state index >= 15 is 0 Å². The second-order valence-corrected chi connectivity index (χ2v) is 6.76. The van der Waals surface area contributed by atoms with Crippen LogP contribution in [0.1, 0.15) is 48.9 Å². The third kappa shape index (κ3) is 2.83. The van der Waals surface area contributed by atoms with Gasteiger partial charge in [-0.1, -0.05) is 13.8 Å². The summed E-state index contributed by atoms with van der Waals surface area (Å²) in [5, 5.41) is 0. The molecule has 3 nitrogen and oxygen atoms in total. The van der Waals surface area contributed by atoms with Crippen LogP contribution in [0.4, 0.5) is 0 Å². The first kappa shape index (κ1) is 15.3. The van der Waals surface area contributed by atoms with Crippen LogP contribution in [-0.4, -0.2) is 34.4 Å². The van der Waals surface area contributed by atoms with Crippen molar-refractivity contribution in [1.82, 2.24) is 9.47 Å². The Balaban J connectivity index is 2.12. The number of nitrogens with zero attached hydrogens (tertiary/aromatic N) is 2. The van der Waals surface area contributed by atoms with Crippen molar-refractivity contribution in [1.29, 1.82) is 0 Å². The van der Waals surface area contributed by atoms with Gasteiger partial charge in [0.1, 0.15) is 0 Å². The molecule has 0 aromatic carbocycles. The molecule has 2 rings (SSSR count). The predicted molar refractivity (Wildman–Crippen MR) is 83.2 cm³/mol. The van der Waals surface area contributed by atoms with Crippen molar-refractivity contribution in [3.8, 4) is 0 Å². The summed E-state index contributed by atoms with van der Waals surface area (Å²) in [7, 11) is 2.02. The van der Waals surface area contributed by atoms with Crippen LogP contribution in [0.2, 0.25) is 0 Å². The molecular formula is C17H28N2O. The van der Waals surface area contributed by atoms with Gasteiger partial charge in [0, 0.05) is 36.6 Å². The molecule has 1 aromatic rings. The normalized spacial score (nSPS) is 27.8. The minimum atomic E-state index is 0.263. The fourth-order valence-electron chi connectivity index (χ4n) is 3.45. The second kappa shape index (κ2) is 5.72. The summed E-state index contributed by atoms with van der Waals surface area (Å²) < 4.78 is 2.10. The number of carbonyl (C=O) groups is 1. The number of hydrogen-bond acceptors (Lipinski definition) is 2. The Morgan fingerprint density at radius 1 is 1.30 bits per heavy atom. The first-order chi connectivity index (χ1) is 9.31. The Morgan fingerprint density at radius 2 is 1.95 bits per heavy atom. The molecule has 1 saturated heterocycles. The van der Waals surface area contributed by atoms with Gasteiger partial charge in [-0.2, -0.15) is 0 Å². The van der Waals surface area contributed by atoms with E-state index in [2.05, 4.69) is 37.2 Å². The van der Waals surface area contributed by atoms with Crippen molar-refractivity contribution < 1.29 is 4.79 Å². The number of piperidine rings is 1. The molecule has 3 heteroatoms. The summed E-state index contributed by atoms with van der Waals surface area (Å²) >= 11 is 0. The summed E-state index contributed by atoms with van der Waals surface area (Å²) in [5.74, 6) is 1.62. The third-order valence-electron chi connectivity index (χ3n) is 5.14. The number of Topliss-reactive ketones (excluding diaryl/α,β-unsaturated/α-hetero) is 1. The number of hydrogen-bond donors (Lipinski definition) is 0. The maximum absolute atomic E-state index is 12.6. The van der Waals surface area contributed by atoms with Crippen LogP contribution in [-0.2, 0) is 7.05 Å². The van der Waals surface area contributed by atoms with Crippen molar-refractivity contribution in [2.45, 2.75) is 47.1 Å². The van der Waals surface area contributed by atoms with Crippen LogP contribution in [0.3, 0.4) is 0 Å². The van der Waals surface area contributed by atoms with Crippen molar-refractivity contribution >= 4 is 5.78 Å². The van der Waals surface area contributed by atoms with E-state index < -0.39 is 0 Å². The zero-order valence-electron chi connectivity index (χ0n) is 13.7. The molecule has 1 aromatic heterocycles. The fraction of sp³-hybridized carbons (Fsp3) is 0.706. The molecule has 20 heavy (non-hydrogen) atoms. The molecule has 0 aliphatic carbocycles. The lowest BCUT2D eigenvalue weighted by Crippen LogP contribution is -2.47. The van der Waals surface area contributed by atoms with Crippen LogP contribution in [0, 0.1) is 25.7 Å². The van der Waals surface area contributed by atoms with Gasteiger partial charge >= 0.3 is 0 Å². The Bertz CT molecular complexity index is 503. The number of rotatable bonds is 3. The Hall–Kier alpha value is -1.09. The van der Waals surface area contributed by atoms with Crippen molar-refractivity contribution in [2.75, 3.05) is 13.1 Å². The monoisotopic (exact) mass is 276 g/mol. The van der Waals surface area contributed by atoms with Gasteiger partial charge in [-0.05, 0) is 45.1 Å². The third-order valence-corrected chi connectivity index (χ3v) is 5.14. The maximum Gasteiger partial charge on any atom is 0.178 e. The van der Waals surface area contributed by atoms with Crippen molar-refractivity contribution in [2.24, 2.45) is 18.9 Å². The van der Waals surface area contributed by atoms with E-state index in [1.54, 1.807) is 0 Å². The zero-order valence-corrected chi connectivity index (χ0v) is 13.7. The van der Waals surface area contributed by atoms with Gasteiger partial charge in [0.25, 0.3) is 0 Å². The van der Waals surface area contributed by atoms with Gasteiger partial charge in [-0.3, -0.25) is 9.69 Å². The molecule has 3 atom stereocenters. The highest BCUT2D eigenvalue weighted by Gasteiger charge is 2.30. The summed E-state index contributed by atoms with van der Waals surface area (Å²) in [6, 6.07) is 2.53. The highest BCUT2D eigenvalue weighted by Crippen LogP contribution is 2.27. The standard InChI is InChI=1S/C17H28N2O/c1-11-7-12(2)14(4)19(9-11)10-17(20)16-8-13(3)18(6)15(16)5/h8,11-12,14H,7,9-10H2,1-6H3. The SMILES string of the molecule is Cc1cc(C(=O)CN2CC(C)CC(C)C2C)c(C)n1C. The van der Waals surface area contributed by atoms with Gasteiger partial charge in [0.15, 0.2) is 5.78 Å². The average Bonchev–Trinajstić information content (AvgIpc) is 2.63. The lowest BCUT2D eigenvalue weighted by molar-refractivity contribution is 0.0649. The van der Waals surface area contributed by atoms with Crippen LogP contribution in [0.15, 0.2) is 6.07 Å². The molecule has 0 N–H and O–H groups in total. The summed E-state index contributed by atoms with van der Waals surface area (Å²) in [6.07, 6.45) is 1.27. The average molecular weight is 276 g/mol. The van der Waals surface area contributed by atoms with Crippen LogP contribution < -0.4 is 0 Å². The first-order valence-corrected chi connectivity index (χ1v) is 7.71. The van der Waals surface area contributed by atoms with E-state index in [1.807, 2.05) is 20.0 Å². The van der Waals surface area contributed by atoms with Crippen LogP contribution in [0.5, 0.6) is 0 Å². The summed E-state index contributed by atoms with van der Waals surface area (Å²) in [5.41, 5.74) is 3.13. The molecular weight excluding hydrogens is 248 g/mol. The minimum Gasteiger partial charge on any atom is -0.351 e. The highest BCUT2D eigenvalue weighted by molar-refractivity contribution is 5.99. The molecule has 3 unspecified atom stereocenters. The lowest BCUT2D eigenvalue weighted by Gasteiger charge is -2.40. The van der Waals surface area contributed by atoms with E-state index in [0.29, 0.717) is 24.4 Å². The molecule has 0 bridgehead atoms. The molecule has 0 saturated carbocycles. The molecule has 1 aliphatic rings. The first-order valence-electron chi connectivity index (χ1n) is 7.71. The summed E-state index contributed by atoms with van der Waals surface area (Å²) in [4.78, 5) is 15.0. The Labute approximate surface area is 123 Å². The van der Waals surface area contributed by atoms with Gasteiger partial charge < -0.3 is 4.57 Å². The van der Waals surface area contributed by atoms with Crippen molar-refractivity contribution in [3.05, 3.63) is 23.0 Å². The molecule has 0 radical (unpaired) electrons. The molecule has 112 valence electrons. The smallest absolute Gasteiger partial charge is 0.178 e. The fourth-order valence-corrected chi connectivity index (χ4v) is 3.45. The zero-order chi connectivity index (χ0) is 15.0. The Morgan fingerprint density at radius 3 is 2.50 bits per heavy atom. The number of aryl methyl sites for hydroxylation is 1. The lowest BCUT2D eigenvalue weighted by atomic mass is 9.86. The number of aromatic nitrogens is 1. The van der Waals surface area contributed by atoms with Crippen LogP contribution in [0.25, 0.3) is 0 Å². The van der Waals surface area contributed by atoms with Crippen molar-refractivity contribution in [3.63, 3.8) is 0 Å². The topological polar surface area (TPSA) is 25.2 Å². The molecule has 1 aliphatic heterocycles. The molecule has 0 spiro atoms. The maximum atomic E-state index is 12.6. The molecule has 1 fully saturated rings. The molecule has 2 heterocycles. The van der Waals surface area contributed by atoms with E-state index in [4.69, 9.17) is 0 Å². The second-order valence-electron chi connectivity index (χ2n) is 6.76. The highest BCUT2D eigenvalue weighted by atomic mass is 16.1. The molecule has 0 amide bonds. The predicted octanol–water partition coefficient (Wildman–Crippen LogP) is 3.19. The van der Waals surface area contributed by atoms with E-state index in [-0.39, 0.29) is 5.78 Å². The number of ketones is 1.